The van der Waals surface area contributed by atoms with Crippen LogP contribution in [0.15, 0.2) is 42.5 Å². The summed E-state index contributed by atoms with van der Waals surface area (Å²) in [5, 5.41) is 9.91. The van der Waals surface area contributed by atoms with E-state index >= 15 is 0 Å². The van der Waals surface area contributed by atoms with E-state index in [1.54, 1.807) is 18.2 Å². The molecule has 3 rings (SSSR count). The molecule has 29 heavy (non-hydrogen) atoms. The van der Waals surface area contributed by atoms with Crippen molar-refractivity contribution in [1.29, 1.82) is 0 Å². The molecule has 1 N–H and O–H groups in total. The van der Waals surface area contributed by atoms with Crippen LogP contribution in [0.4, 0.5) is 13.2 Å². The van der Waals surface area contributed by atoms with Gasteiger partial charge >= 0.3 is 12.1 Å². The molecule has 0 aromatic heterocycles. The number of benzene rings is 2. The maximum atomic E-state index is 13.0. The Kier molecular flexibility index (Phi) is 6.39. The van der Waals surface area contributed by atoms with Crippen LogP contribution in [0.1, 0.15) is 35.6 Å². The highest BCUT2D eigenvalue weighted by molar-refractivity contribution is 6.30. The summed E-state index contributed by atoms with van der Waals surface area (Å²) in [6.07, 6.45) is -3.18. The van der Waals surface area contributed by atoms with Gasteiger partial charge in [-0.1, -0.05) is 23.7 Å². The molecule has 2 atom stereocenters. The zero-order valence-corrected chi connectivity index (χ0v) is 16.5. The largest absolute Gasteiger partial charge is 0.496 e. The predicted octanol–water partition coefficient (Wildman–Crippen LogP) is 5.25. The van der Waals surface area contributed by atoms with Crippen LogP contribution in [-0.2, 0) is 11.0 Å². The molecular formula is C21H21ClF3NO3. The van der Waals surface area contributed by atoms with E-state index in [9.17, 15) is 23.1 Å². The van der Waals surface area contributed by atoms with E-state index in [1.807, 2.05) is 4.90 Å². The van der Waals surface area contributed by atoms with Crippen LogP contribution < -0.4 is 4.74 Å². The monoisotopic (exact) mass is 427 g/mol. The van der Waals surface area contributed by atoms with Crippen molar-refractivity contribution in [2.45, 2.75) is 25.1 Å². The highest BCUT2D eigenvalue weighted by Gasteiger charge is 2.34. The van der Waals surface area contributed by atoms with Crippen molar-refractivity contribution >= 4 is 17.6 Å². The van der Waals surface area contributed by atoms with Crippen molar-refractivity contribution in [2.75, 3.05) is 20.2 Å². The maximum Gasteiger partial charge on any atom is 0.416 e. The summed E-state index contributed by atoms with van der Waals surface area (Å²) in [5.41, 5.74) is 0.565. The average molecular weight is 428 g/mol. The van der Waals surface area contributed by atoms with Gasteiger partial charge in [0.25, 0.3) is 0 Å². The molecule has 0 radical (unpaired) electrons. The minimum Gasteiger partial charge on any atom is -0.496 e. The number of rotatable bonds is 5. The number of carboxylic acids is 1. The van der Waals surface area contributed by atoms with Gasteiger partial charge in [0, 0.05) is 17.1 Å². The number of hydrogen-bond acceptors (Lipinski definition) is 3. The standard InChI is InChI=1S/C21H21ClF3NO3/c1-29-18-9-8-16(22)11-17(18)19(26-10-2-3-14(12-26)20(27)28)13-4-6-15(7-5-13)21(23,24)25/h4-9,11,14,19H,2-3,10,12H2,1H3,(H,27,28). The quantitative estimate of drug-likeness (QED) is 0.707. The Morgan fingerprint density at radius 1 is 1.24 bits per heavy atom. The third-order valence-electron chi connectivity index (χ3n) is 5.21. The Morgan fingerprint density at radius 2 is 1.93 bits per heavy atom. The lowest BCUT2D eigenvalue weighted by Crippen LogP contribution is -2.41. The predicted molar refractivity (Wildman–Crippen MR) is 103 cm³/mol. The Labute approximate surface area is 171 Å². The molecule has 1 heterocycles. The van der Waals surface area contributed by atoms with Crippen LogP contribution in [0.25, 0.3) is 0 Å². The first-order chi connectivity index (χ1) is 13.7. The van der Waals surface area contributed by atoms with E-state index in [2.05, 4.69) is 0 Å². The van der Waals surface area contributed by atoms with Crippen LogP contribution in [0.5, 0.6) is 5.75 Å². The SMILES string of the molecule is COc1ccc(Cl)cc1C(c1ccc(C(F)(F)F)cc1)N1CCCC(C(=O)O)C1. The first-order valence-corrected chi connectivity index (χ1v) is 9.56. The number of ether oxygens (including phenoxy) is 1. The number of nitrogens with zero attached hydrogens (tertiary/aromatic N) is 1. The van der Waals surface area contributed by atoms with Crippen molar-refractivity contribution in [1.82, 2.24) is 4.90 Å². The summed E-state index contributed by atoms with van der Waals surface area (Å²) >= 11 is 6.19. The lowest BCUT2D eigenvalue weighted by molar-refractivity contribution is -0.144. The Bertz CT molecular complexity index is 870. The number of piperidine rings is 1. The molecule has 0 amide bonds. The Hall–Kier alpha value is -2.25. The molecule has 1 aliphatic heterocycles. The number of halogens is 4. The minimum absolute atomic E-state index is 0.288. The van der Waals surface area contributed by atoms with Gasteiger partial charge in [0.2, 0.25) is 0 Å². The van der Waals surface area contributed by atoms with Gasteiger partial charge in [-0.25, -0.2) is 0 Å². The van der Waals surface area contributed by atoms with Gasteiger partial charge in [-0.05, 0) is 55.3 Å². The second kappa shape index (κ2) is 8.63. The average Bonchev–Trinajstić information content (AvgIpc) is 2.68. The topological polar surface area (TPSA) is 49.8 Å². The summed E-state index contributed by atoms with van der Waals surface area (Å²) in [6, 6.07) is 9.55. The summed E-state index contributed by atoms with van der Waals surface area (Å²) in [7, 11) is 1.51. The molecule has 2 aromatic rings. The van der Waals surface area contributed by atoms with Crippen LogP contribution in [-0.4, -0.2) is 36.2 Å². The molecule has 0 spiro atoms. The zero-order valence-electron chi connectivity index (χ0n) is 15.7. The molecule has 2 aromatic carbocycles. The molecule has 8 heteroatoms. The minimum atomic E-state index is -4.43. The lowest BCUT2D eigenvalue weighted by atomic mass is 9.90. The van der Waals surface area contributed by atoms with Gasteiger partial charge in [-0.3, -0.25) is 9.69 Å². The molecule has 0 bridgehead atoms. The van der Waals surface area contributed by atoms with Crippen LogP contribution >= 0.6 is 11.6 Å². The number of carbonyl (C=O) groups is 1. The van der Waals surface area contributed by atoms with Crippen molar-refractivity contribution in [2.24, 2.45) is 5.92 Å². The van der Waals surface area contributed by atoms with E-state index in [4.69, 9.17) is 16.3 Å². The van der Waals surface area contributed by atoms with E-state index < -0.39 is 29.7 Å². The number of hydrogen-bond donors (Lipinski definition) is 1. The molecular weight excluding hydrogens is 407 g/mol. The van der Waals surface area contributed by atoms with E-state index in [0.29, 0.717) is 41.3 Å². The fourth-order valence-electron chi connectivity index (χ4n) is 3.80. The van der Waals surface area contributed by atoms with Crippen molar-refractivity contribution in [3.05, 3.63) is 64.2 Å². The second-order valence-electron chi connectivity index (χ2n) is 7.08. The van der Waals surface area contributed by atoms with Gasteiger partial charge in [0.1, 0.15) is 5.75 Å². The Balaban J connectivity index is 2.07. The smallest absolute Gasteiger partial charge is 0.416 e. The zero-order chi connectivity index (χ0) is 21.2. The van der Waals surface area contributed by atoms with Gasteiger partial charge < -0.3 is 9.84 Å². The third kappa shape index (κ3) is 4.85. The molecule has 0 saturated carbocycles. The molecule has 2 unspecified atom stereocenters. The number of likely N-dealkylation sites (tertiary alicyclic amines) is 1. The fraction of sp³-hybridized carbons (Fsp3) is 0.381. The molecule has 1 aliphatic rings. The second-order valence-corrected chi connectivity index (χ2v) is 7.52. The van der Waals surface area contributed by atoms with E-state index in [-0.39, 0.29) is 6.54 Å². The Morgan fingerprint density at radius 3 is 2.52 bits per heavy atom. The van der Waals surface area contributed by atoms with Gasteiger partial charge in [-0.15, -0.1) is 0 Å². The summed E-state index contributed by atoms with van der Waals surface area (Å²) < 4.78 is 44.5. The van der Waals surface area contributed by atoms with Gasteiger partial charge in [-0.2, -0.15) is 13.2 Å². The van der Waals surface area contributed by atoms with Crippen LogP contribution in [0.3, 0.4) is 0 Å². The summed E-state index contributed by atoms with van der Waals surface area (Å²) in [4.78, 5) is 13.5. The number of aliphatic carboxylic acids is 1. The third-order valence-corrected chi connectivity index (χ3v) is 5.44. The normalized spacial score (nSPS) is 19.0. The van der Waals surface area contributed by atoms with Crippen LogP contribution in [0.2, 0.25) is 5.02 Å². The molecule has 0 aliphatic carbocycles. The van der Waals surface area contributed by atoms with Gasteiger partial charge in [0.15, 0.2) is 0 Å². The van der Waals surface area contributed by atoms with Crippen molar-refractivity contribution in [3.8, 4) is 5.75 Å². The summed E-state index contributed by atoms with van der Waals surface area (Å²) in [6.45, 7) is 0.905. The van der Waals surface area contributed by atoms with Gasteiger partial charge in [0.05, 0.1) is 24.6 Å². The molecule has 156 valence electrons. The maximum absolute atomic E-state index is 13.0. The van der Waals surface area contributed by atoms with E-state index in [1.165, 1.54) is 19.2 Å². The fourth-order valence-corrected chi connectivity index (χ4v) is 3.98. The molecule has 1 fully saturated rings. The number of alkyl halides is 3. The van der Waals surface area contributed by atoms with Crippen LogP contribution in [0, 0.1) is 5.92 Å². The van der Waals surface area contributed by atoms with Crippen molar-refractivity contribution in [3.63, 3.8) is 0 Å². The first kappa shape index (κ1) is 21.5. The van der Waals surface area contributed by atoms with E-state index in [0.717, 1.165) is 12.1 Å². The number of carboxylic acid groups (broad SMARTS) is 1. The van der Waals surface area contributed by atoms with Crippen molar-refractivity contribution < 1.29 is 27.8 Å². The lowest BCUT2D eigenvalue weighted by Gasteiger charge is -2.38. The highest BCUT2D eigenvalue weighted by Crippen LogP contribution is 2.39. The summed E-state index contributed by atoms with van der Waals surface area (Å²) in [5.74, 6) is -0.874. The number of methoxy groups -OCH3 is 1. The molecule has 1 saturated heterocycles. The first-order valence-electron chi connectivity index (χ1n) is 9.18. The molecule has 4 nitrogen and oxygen atoms in total. The highest BCUT2D eigenvalue weighted by atomic mass is 35.5.